The van der Waals surface area contributed by atoms with Gasteiger partial charge in [0, 0.05) is 35.5 Å². The van der Waals surface area contributed by atoms with Crippen molar-refractivity contribution >= 4 is 28.7 Å². The van der Waals surface area contributed by atoms with E-state index in [0.717, 1.165) is 5.56 Å². The Morgan fingerprint density at radius 1 is 0.947 bits per heavy atom. The summed E-state index contributed by atoms with van der Waals surface area (Å²) in [6.07, 6.45) is 1.24. The number of nitrogens with zero attached hydrogens (tertiary/aromatic N) is 3. The summed E-state index contributed by atoms with van der Waals surface area (Å²) >= 11 is 0. The molecule has 0 saturated heterocycles. The molecule has 0 atom stereocenters. The van der Waals surface area contributed by atoms with E-state index in [4.69, 9.17) is 0 Å². The average molecular weight is 515 g/mol. The molecule has 0 fully saturated rings. The molecule has 0 spiro atoms. The van der Waals surface area contributed by atoms with Crippen LogP contribution in [-0.4, -0.2) is 35.8 Å². The standard InChI is InChI=1S/C27H23FN6O4/c28-33-22-15-30-34-25(13-21(32-27(22)34)20-6-1-2-7-23(20)36)29-14-16-4-3-5-18(10-16)31-26(38)11-17-8-9-19(35)12-24(17)37/h1-10,12-13,15,29,33,35-37H,11,14H2,(H,31,38). The molecule has 5 aromatic rings. The van der Waals surface area contributed by atoms with Gasteiger partial charge in [0.25, 0.3) is 0 Å². The molecular weight excluding hydrogens is 491 g/mol. The zero-order valence-electron chi connectivity index (χ0n) is 19.9. The van der Waals surface area contributed by atoms with Crippen molar-refractivity contribution in [3.05, 3.63) is 90.1 Å². The van der Waals surface area contributed by atoms with Crippen molar-refractivity contribution in [2.75, 3.05) is 16.2 Å². The smallest absolute Gasteiger partial charge is 0.228 e. The van der Waals surface area contributed by atoms with E-state index in [2.05, 4.69) is 20.7 Å². The minimum absolute atomic E-state index is 0.0358. The fourth-order valence-electron chi connectivity index (χ4n) is 4.02. The van der Waals surface area contributed by atoms with Crippen molar-refractivity contribution in [3.8, 4) is 28.5 Å². The number of carbonyl (C=O) groups excluding carboxylic acids is 1. The average Bonchev–Trinajstić information content (AvgIpc) is 3.32. The number of halogens is 1. The van der Waals surface area contributed by atoms with Gasteiger partial charge in [-0.3, -0.25) is 4.79 Å². The zero-order chi connectivity index (χ0) is 26.6. The van der Waals surface area contributed by atoms with Crippen LogP contribution in [0.25, 0.3) is 16.9 Å². The van der Waals surface area contributed by atoms with E-state index in [0.29, 0.717) is 34.9 Å². The largest absolute Gasteiger partial charge is 0.508 e. The summed E-state index contributed by atoms with van der Waals surface area (Å²) in [5, 5.41) is 39.9. The Morgan fingerprint density at radius 3 is 2.58 bits per heavy atom. The zero-order valence-corrected chi connectivity index (χ0v) is 19.9. The number of anilines is 3. The molecule has 0 bridgehead atoms. The van der Waals surface area contributed by atoms with Gasteiger partial charge in [-0.25, -0.2) is 10.5 Å². The lowest BCUT2D eigenvalue weighted by atomic mass is 10.1. The summed E-state index contributed by atoms with van der Waals surface area (Å²) < 4.78 is 14.8. The molecule has 0 saturated carbocycles. The van der Waals surface area contributed by atoms with Gasteiger partial charge in [0.1, 0.15) is 28.8 Å². The van der Waals surface area contributed by atoms with Crippen LogP contribution in [0.2, 0.25) is 0 Å². The molecular formula is C27H23FN6O4. The van der Waals surface area contributed by atoms with Gasteiger partial charge >= 0.3 is 0 Å². The first-order valence-electron chi connectivity index (χ1n) is 11.6. The topological polar surface area (TPSA) is 144 Å². The molecule has 1 amide bonds. The van der Waals surface area contributed by atoms with Gasteiger partial charge in [-0.15, -0.1) is 4.48 Å². The minimum atomic E-state index is -0.331. The Labute approximate surface area is 216 Å². The van der Waals surface area contributed by atoms with Gasteiger partial charge in [0.2, 0.25) is 5.91 Å². The monoisotopic (exact) mass is 514 g/mol. The van der Waals surface area contributed by atoms with Crippen LogP contribution < -0.4 is 16.2 Å². The molecule has 0 unspecified atom stereocenters. The molecule has 10 nitrogen and oxygen atoms in total. The molecule has 6 N–H and O–H groups in total. The van der Waals surface area contributed by atoms with E-state index in [1.165, 1.54) is 28.9 Å². The Kier molecular flexibility index (Phi) is 6.64. The van der Waals surface area contributed by atoms with Crippen LogP contribution in [-0.2, 0) is 17.8 Å². The van der Waals surface area contributed by atoms with Crippen LogP contribution in [0, 0.1) is 0 Å². The lowest BCUT2D eigenvalue weighted by molar-refractivity contribution is -0.115. The summed E-state index contributed by atoms with van der Waals surface area (Å²) in [4.78, 5) is 17.0. The number of phenolic OH excluding ortho intramolecular Hbond substituents is 3. The maximum atomic E-state index is 13.3. The molecule has 192 valence electrons. The van der Waals surface area contributed by atoms with Crippen molar-refractivity contribution in [1.29, 1.82) is 0 Å². The number of aromatic hydroxyl groups is 3. The molecule has 38 heavy (non-hydrogen) atoms. The lowest BCUT2D eigenvalue weighted by Gasteiger charge is -2.13. The van der Waals surface area contributed by atoms with Crippen molar-refractivity contribution in [3.63, 3.8) is 0 Å². The number of aromatic nitrogens is 3. The molecule has 2 heterocycles. The van der Waals surface area contributed by atoms with Crippen molar-refractivity contribution in [1.82, 2.24) is 14.6 Å². The van der Waals surface area contributed by atoms with E-state index in [-0.39, 0.29) is 40.9 Å². The molecule has 2 aromatic heterocycles. The molecule has 11 heteroatoms. The molecule has 0 aliphatic heterocycles. The first-order chi connectivity index (χ1) is 18.4. The number of rotatable bonds is 8. The number of fused-ring (bicyclic) bond motifs is 1. The number of amides is 1. The molecule has 0 radical (unpaired) electrons. The maximum absolute atomic E-state index is 13.3. The van der Waals surface area contributed by atoms with Crippen LogP contribution in [0.15, 0.2) is 79.0 Å². The Bertz CT molecular complexity index is 1640. The van der Waals surface area contributed by atoms with E-state index < -0.39 is 0 Å². The SMILES string of the molecule is O=C(Cc1ccc(O)cc1O)Nc1cccc(CNc2cc(-c3ccccc3O)nc3c(NF)cnn23)c1. The summed E-state index contributed by atoms with van der Waals surface area (Å²) in [5.74, 6) is -0.0318. The van der Waals surface area contributed by atoms with Crippen molar-refractivity contribution in [2.24, 2.45) is 0 Å². The van der Waals surface area contributed by atoms with E-state index in [9.17, 15) is 24.6 Å². The summed E-state index contributed by atoms with van der Waals surface area (Å²) in [7, 11) is 0. The van der Waals surface area contributed by atoms with Gasteiger partial charge in [-0.05, 0) is 35.9 Å². The third kappa shape index (κ3) is 5.12. The minimum Gasteiger partial charge on any atom is -0.508 e. The lowest BCUT2D eigenvalue weighted by Crippen LogP contribution is -2.14. The highest BCUT2D eigenvalue weighted by atomic mass is 19.2. The van der Waals surface area contributed by atoms with Crippen LogP contribution in [0.5, 0.6) is 17.2 Å². The Hall–Kier alpha value is -5.32. The number of hydrogen-bond donors (Lipinski definition) is 6. The predicted octanol–water partition coefficient (Wildman–Crippen LogP) is 4.60. The number of para-hydroxylation sites is 1. The van der Waals surface area contributed by atoms with Gasteiger partial charge < -0.3 is 26.0 Å². The summed E-state index contributed by atoms with van der Waals surface area (Å²) in [6, 6.07) is 19.7. The van der Waals surface area contributed by atoms with Crippen molar-refractivity contribution in [2.45, 2.75) is 13.0 Å². The van der Waals surface area contributed by atoms with E-state index in [1.54, 1.807) is 54.1 Å². The Balaban J connectivity index is 1.35. The van der Waals surface area contributed by atoms with Gasteiger partial charge in [-0.1, -0.05) is 30.3 Å². The molecule has 0 aliphatic carbocycles. The highest BCUT2D eigenvalue weighted by molar-refractivity contribution is 5.92. The second-order valence-corrected chi connectivity index (χ2v) is 8.52. The number of hydrogen-bond acceptors (Lipinski definition) is 8. The summed E-state index contributed by atoms with van der Waals surface area (Å²) in [5.41, 5.74) is 4.59. The van der Waals surface area contributed by atoms with Crippen LogP contribution in [0.1, 0.15) is 11.1 Å². The normalized spacial score (nSPS) is 10.9. The molecule has 0 aliphatic rings. The van der Waals surface area contributed by atoms with E-state index >= 15 is 0 Å². The van der Waals surface area contributed by atoms with Crippen molar-refractivity contribution < 1.29 is 24.6 Å². The number of benzene rings is 3. The highest BCUT2D eigenvalue weighted by Crippen LogP contribution is 2.31. The number of phenols is 3. The quantitative estimate of drug-likeness (QED) is 0.165. The van der Waals surface area contributed by atoms with E-state index in [1.807, 2.05) is 6.07 Å². The maximum Gasteiger partial charge on any atom is 0.228 e. The molecule has 5 rings (SSSR count). The van der Waals surface area contributed by atoms with Gasteiger partial charge in [-0.2, -0.15) is 9.61 Å². The third-order valence-corrected chi connectivity index (χ3v) is 5.86. The first-order valence-corrected chi connectivity index (χ1v) is 11.6. The third-order valence-electron chi connectivity index (χ3n) is 5.86. The number of carbonyl (C=O) groups is 1. The van der Waals surface area contributed by atoms with Crippen LogP contribution >= 0.6 is 0 Å². The van der Waals surface area contributed by atoms with Gasteiger partial charge in [0.05, 0.1) is 18.3 Å². The highest BCUT2D eigenvalue weighted by Gasteiger charge is 2.15. The van der Waals surface area contributed by atoms with Crippen LogP contribution in [0.3, 0.4) is 0 Å². The van der Waals surface area contributed by atoms with Gasteiger partial charge in [0.15, 0.2) is 5.65 Å². The number of nitrogens with one attached hydrogen (secondary N) is 3. The fourth-order valence-corrected chi connectivity index (χ4v) is 4.02. The Morgan fingerprint density at radius 2 is 1.79 bits per heavy atom. The molecule has 3 aromatic carbocycles. The second-order valence-electron chi connectivity index (χ2n) is 8.52. The van der Waals surface area contributed by atoms with Crippen LogP contribution in [0.4, 0.5) is 21.7 Å². The fraction of sp³-hybridized carbons (Fsp3) is 0.0741. The second kappa shape index (κ2) is 10.3. The first kappa shape index (κ1) is 24.4. The summed E-state index contributed by atoms with van der Waals surface area (Å²) in [6.45, 7) is 0.333. The predicted molar refractivity (Wildman–Crippen MR) is 141 cm³/mol.